The fourth-order valence-corrected chi connectivity index (χ4v) is 3.75. The summed E-state index contributed by atoms with van der Waals surface area (Å²) in [6.45, 7) is 6.94. The van der Waals surface area contributed by atoms with Crippen LogP contribution in [0.1, 0.15) is 34.1 Å². The second-order valence-corrected chi connectivity index (χ2v) is 8.09. The van der Waals surface area contributed by atoms with Crippen molar-refractivity contribution in [2.24, 2.45) is 5.41 Å². The zero-order valence-electron chi connectivity index (χ0n) is 16.2. The predicted octanol–water partition coefficient (Wildman–Crippen LogP) is -0.784. The van der Waals surface area contributed by atoms with Crippen LogP contribution in [0.5, 0.6) is 0 Å². The maximum absolute atomic E-state index is 10.1. The van der Waals surface area contributed by atoms with Gasteiger partial charge in [-0.25, -0.2) is 0 Å². The average Bonchev–Trinajstić information content (AvgIpc) is 2.59. The summed E-state index contributed by atoms with van der Waals surface area (Å²) >= 11 is 0. The Balaban J connectivity index is 2.09. The van der Waals surface area contributed by atoms with Crippen LogP contribution in [0.25, 0.3) is 0 Å². The first kappa shape index (κ1) is 22.4. The van der Waals surface area contributed by atoms with Crippen molar-refractivity contribution in [3.63, 3.8) is 0 Å². The summed E-state index contributed by atoms with van der Waals surface area (Å²) in [5.74, 6) is 0. The SMILES string of the molecule is CC1=C(/C=C/[C@@H](C)O[C@@H]2O[C@H](CO)[C@@H](O)[C@H](O)[C@H]2O)C(C)(C)C[C@@H](O)[C@H]1O. The molecule has 8 heteroatoms. The Hall–Kier alpha value is -0.840. The van der Waals surface area contributed by atoms with Gasteiger partial charge in [-0.2, -0.15) is 0 Å². The van der Waals surface area contributed by atoms with Crippen molar-refractivity contribution < 1.29 is 40.1 Å². The quantitative estimate of drug-likeness (QED) is 0.360. The second kappa shape index (κ2) is 8.67. The molecule has 8 atom stereocenters. The number of allylic oxidation sites excluding steroid dienone is 2. The number of rotatable bonds is 5. The molecule has 0 spiro atoms. The Labute approximate surface area is 159 Å². The molecule has 27 heavy (non-hydrogen) atoms. The van der Waals surface area contributed by atoms with E-state index in [-0.39, 0.29) is 5.41 Å². The van der Waals surface area contributed by atoms with Crippen molar-refractivity contribution in [1.82, 2.24) is 0 Å². The molecule has 1 aliphatic heterocycles. The van der Waals surface area contributed by atoms with E-state index in [9.17, 15) is 30.6 Å². The Morgan fingerprint density at radius 2 is 1.78 bits per heavy atom. The number of hydrogen-bond acceptors (Lipinski definition) is 8. The lowest BCUT2D eigenvalue weighted by Crippen LogP contribution is -2.59. The molecule has 1 heterocycles. The molecule has 156 valence electrons. The molecule has 2 rings (SSSR count). The summed E-state index contributed by atoms with van der Waals surface area (Å²) in [6.07, 6.45) is -4.88. The van der Waals surface area contributed by atoms with Gasteiger partial charge in [0.25, 0.3) is 0 Å². The first-order valence-electron chi connectivity index (χ1n) is 9.21. The minimum absolute atomic E-state index is 0.331. The fourth-order valence-electron chi connectivity index (χ4n) is 3.75. The van der Waals surface area contributed by atoms with Gasteiger partial charge in [-0.05, 0) is 36.8 Å². The molecule has 0 radical (unpaired) electrons. The molecule has 0 amide bonds. The molecular weight excluding hydrogens is 356 g/mol. The highest BCUT2D eigenvalue weighted by atomic mass is 16.7. The second-order valence-electron chi connectivity index (χ2n) is 8.09. The number of aliphatic hydroxyl groups excluding tert-OH is 6. The van der Waals surface area contributed by atoms with E-state index in [4.69, 9.17) is 9.47 Å². The van der Waals surface area contributed by atoms with Crippen LogP contribution in [0.4, 0.5) is 0 Å². The molecule has 0 bridgehead atoms. The predicted molar refractivity (Wildman–Crippen MR) is 96.6 cm³/mol. The van der Waals surface area contributed by atoms with Gasteiger partial charge in [0.1, 0.15) is 30.5 Å². The third-order valence-electron chi connectivity index (χ3n) is 5.41. The summed E-state index contributed by atoms with van der Waals surface area (Å²) in [4.78, 5) is 0. The Kier molecular flexibility index (Phi) is 7.21. The van der Waals surface area contributed by atoms with E-state index in [0.29, 0.717) is 12.0 Å². The molecule has 0 aromatic rings. The van der Waals surface area contributed by atoms with Gasteiger partial charge in [0.15, 0.2) is 6.29 Å². The highest BCUT2D eigenvalue weighted by molar-refractivity contribution is 5.36. The number of aliphatic hydroxyl groups is 6. The van der Waals surface area contributed by atoms with Crippen molar-refractivity contribution in [1.29, 1.82) is 0 Å². The van der Waals surface area contributed by atoms with Crippen LogP contribution in [0, 0.1) is 5.41 Å². The summed E-state index contributed by atoms with van der Waals surface area (Å²) in [5, 5.41) is 59.0. The number of hydrogen-bond donors (Lipinski definition) is 6. The summed E-state index contributed by atoms with van der Waals surface area (Å²) < 4.78 is 11.0. The minimum atomic E-state index is -1.49. The van der Waals surface area contributed by atoms with E-state index in [1.54, 1.807) is 19.9 Å². The third kappa shape index (κ3) is 4.78. The lowest BCUT2D eigenvalue weighted by atomic mass is 9.70. The van der Waals surface area contributed by atoms with E-state index in [1.165, 1.54) is 0 Å². The van der Waals surface area contributed by atoms with Gasteiger partial charge in [-0.1, -0.05) is 26.0 Å². The first-order chi connectivity index (χ1) is 12.5. The molecule has 8 nitrogen and oxygen atoms in total. The Morgan fingerprint density at radius 1 is 1.15 bits per heavy atom. The highest BCUT2D eigenvalue weighted by Crippen LogP contribution is 2.41. The molecule has 1 fully saturated rings. The van der Waals surface area contributed by atoms with Gasteiger partial charge in [0.2, 0.25) is 0 Å². The van der Waals surface area contributed by atoms with Crippen LogP contribution in [-0.4, -0.2) is 86.3 Å². The lowest BCUT2D eigenvalue weighted by Gasteiger charge is -2.40. The maximum Gasteiger partial charge on any atom is 0.187 e. The Bertz CT molecular complexity index is 570. The van der Waals surface area contributed by atoms with Crippen LogP contribution in [0.15, 0.2) is 23.3 Å². The summed E-state index contributed by atoms with van der Waals surface area (Å²) in [6, 6.07) is 0. The fraction of sp³-hybridized carbons (Fsp3) is 0.789. The first-order valence-corrected chi connectivity index (χ1v) is 9.21. The van der Waals surface area contributed by atoms with Crippen LogP contribution in [-0.2, 0) is 9.47 Å². The van der Waals surface area contributed by atoms with Crippen molar-refractivity contribution in [3.8, 4) is 0 Å². The van der Waals surface area contributed by atoms with Gasteiger partial charge in [-0.3, -0.25) is 0 Å². The smallest absolute Gasteiger partial charge is 0.187 e. The van der Waals surface area contributed by atoms with Crippen molar-refractivity contribution in [2.45, 2.75) is 83.1 Å². The van der Waals surface area contributed by atoms with Gasteiger partial charge in [-0.15, -0.1) is 0 Å². The zero-order chi connectivity index (χ0) is 20.5. The zero-order valence-corrected chi connectivity index (χ0v) is 16.2. The maximum atomic E-state index is 10.1. The van der Waals surface area contributed by atoms with Gasteiger partial charge < -0.3 is 40.1 Å². The van der Waals surface area contributed by atoms with Crippen LogP contribution >= 0.6 is 0 Å². The molecule has 1 aliphatic carbocycles. The van der Waals surface area contributed by atoms with Crippen LogP contribution in [0.3, 0.4) is 0 Å². The van der Waals surface area contributed by atoms with Crippen molar-refractivity contribution in [2.75, 3.05) is 6.61 Å². The standard InChI is InChI=1S/C19H32O8/c1-9(26-18-17(25)16(24)15(23)13(8-20)27-18)5-6-11-10(2)14(22)12(21)7-19(11,3)4/h5-6,9,12-18,20-25H,7-8H2,1-4H3/b6-5+/t9-,12-,13-,14+,15-,16+,17-,18-/m1/s1. The van der Waals surface area contributed by atoms with E-state index in [1.807, 2.05) is 19.9 Å². The molecule has 0 unspecified atom stereocenters. The van der Waals surface area contributed by atoms with Crippen molar-refractivity contribution in [3.05, 3.63) is 23.3 Å². The molecule has 1 saturated heterocycles. The summed E-state index contributed by atoms with van der Waals surface area (Å²) in [7, 11) is 0. The molecule has 0 saturated carbocycles. The molecule has 6 N–H and O–H groups in total. The third-order valence-corrected chi connectivity index (χ3v) is 5.41. The topological polar surface area (TPSA) is 140 Å². The average molecular weight is 388 g/mol. The van der Waals surface area contributed by atoms with Gasteiger partial charge in [0.05, 0.1) is 18.8 Å². The van der Waals surface area contributed by atoms with Gasteiger partial charge >= 0.3 is 0 Å². The van der Waals surface area contributed by atoms with E-state index in [0.717, 1.165) is 5.57 Å². The monoisotopic (exact) mass is 388 g/mol. The number of ether oxygens (including phenoxy) is 2. The van der Waals surface area contributed by atoms with E-state index in [2.05, 4.69) is 0 Å². The molecule has 2 aliphatic rings. The van der Waals surface area contributed by atoms with E-state index >= 15 is 0 Å². The van der Waals surface area contributed by atoms with E-state index < -0.39 is 55.6 Å². The molecular formula is C19H32O8. The molecule has 0 aromatic carbocycles. The molecule has 0 aromatic heterocycles. The Morgan fingerprint density at radius 3 is 2.37 bits per heavy atom. The van der Waals surface area contributed by atoms with Gasteiger partial charge in [0, 0.05) is 0 Å². The normalized spacial score (nSPS) is 41.2. The summed E-state index contributed by atoms with van der Waals surface area (Å²) in [5.41, 5.74) is 1.25. The lowest BCUT2D eigenvalue weighted by molar-refractivity contribution is -0.306. The van der Waals surface area contributed by atoms with Crippen LogP contribution < -0.4 is 0 Å². The van der Waals surface area contributed by atoms with Crippen LogP contribution in [0.2, 0.25) is 0 Å². The largest absolute Gasteiger partial charge is 0.394 e. The van der Waals surface area contributed by atoms with Crippen molar-refractivity contribution >= 4 is 0 Å². The highest BCUT2D eigenvalue weighted by Gasteiger charge is 2.44. The minimum Gasteiger partial charge on any atom is -0.394 e.